The van der Waals surface area contributed by atoms with Crippen LogP contribution in [0.3, 0.4) is 0 Å². The largest absolute Gasteiger partial charge is 0.412 e. The number of rotatable bonds is 1. The van der Waals surface area contributed by atoms with Gasteiger partial charge in [-0.15, -0.1) is 0 Å². The Morgan fingerprint density at radius 3 is 2.47 bits per heavy atom. The molecular weight excluding hydrogens is 205 g/mol. The van der Waals surface area contributed by atoms with Gasteiger partial charge in [0.2, 0.25) is 0 Å². The Hall–Kier alpha value is -1.23. The molecule has 1 atom stereocenters. The lowest BCUT2D eigenvalue weighted by Crippen LogP contribution is -2.32. The van der Waals surface area contributed by atoms with E-state index in [2.05, 4.69) is 10.9 Å². The van der Waals surface area contributed by atoms with Crippen molar-refractivity contribution in [3.05, 3.63) is 35.6 Å². The molecule has 15 heavy (non-hydrogen) atoms. The minimum Gasteiger partial charge on any atom is -0.328 e. The lowest BCUT2D eigenvalue weighted by Gasteiger charge is -2.20. The van der Waals surface area contributed by atoms with Crippen molar-refractivity contribution in [3.8, 4) is 0 Å². The molecule has 0 spiro atoms. The van der Waals surface area contributed by atoms with Crippen LogP contribution >= 0.6 is 0 Å². The zero-order valence-electron chi connectivity index (χ0n) is 7.93. The second-order valence-corrected chi connectivity index (χ2v) is 3.56. The summed E-state index contributed by atoms with van der Waals surface area (Å²) in [5.74, 6) is 0. The fourth-order valence-corrected chi connectivity index (χ4v) is 1.70. The second-order valence-electron chi connectivity index (χ2n) is 3.56. The van der Waals surface area contributed by atoms with Gasteiger partial charge in [-0.3, -0.25) is 0 Å². The van der Waals surface area contributed by atoms with E-state index in [-0.39, 0.29) is 12.5 Å². The van der Waals surface area contributed by atoms with E-state index in [1.807, 2.05) is 6.08 Å². The fourth-order valence-electron chi connectivity index (χ4n) is 1.70. The topological polar surface area (TPSA) is 24.1 Å². The Kier molecular flexibility index (Phi) is 2.56. The number of alkyl halides is 3. The first-order chi connectivity index (χ1) is 7.07. The molecule has 0 saturated heterocycles. The SMILES string of the molecule is FC(F)(F)C1=CC=C(C2C=CNN2)CC1. The molecule has 1 aliphatic carbocycles. The van der Waals surface area contributed by atoms with Gasteiger partial charge in [-0.1, -0.05) is 12.2 Å². The zero-order valence-corrected chi connectivity index (χ0v) is 7.93. The summed E-state index contributed by atoms with van der Waals surface area (Å²) in [6.45, 7) is 0. The third-order valence-corrected chi connectivity index (χ3v) is 2.56. The average Bonchev–Trinajstić information content (AvgIpc) is 2.69. The first kappa shape index (κ1) is 10.3. The van der Waals surface area contributed by atoms with Crippen LogP contribution in [0.4, 0.5) is 13.2 Å². The van der Waals surface area contributed by atoms with E-state index in [1.165, 1.54) is 6.08 Å². The Morgan fingerprint density at radius 1 is 1.20 bits per heavy atom. The number of nitrogens with one attached hydrogen (secondary N) is 2. The molecule has 0 aromatic rings. The lowest BCUT2D eigenvalue weighted by atomic mass is 9.93. The fraction of sp³-hybridized carbons (Fsp3) is 0.400. The van der Waals surface area contributed by atoms with Crippen molar-refractivity contribution in [2.45, 2.75) is 25.1 Å². The van der Waals surface area contributed by atoms with Crippen LogP contribution in [-0.4, -0.2) is 12.2 Å². The molecule has 2 N–H and O–H groups in total. The summed E-state index contributed by atoms with van der Waals surface area (Å²) in [4.78, 5) is 0. The highest BCUT2D eigenvalue weighted by Gasteiger charge is 2.34. The maximum absolute atomic E-state index is 12.3. The lowest BCUT2D eigenvalue weighted by molar-refractivity contribution is -0.0941. The van der Waals surface area contributed by atoms with E-state index in [0.29, 0.717) is 6.42 Å². The van der Waals surface area contributed by atoms with E-state index in [9.17, 15) is 13.2 Å². The van der Waals surface area contributed by atoms with Crippen molar-refractivity contribution >= 4 is 0 Å². The predicted octanol–water partition coefficient (Wildman–Crippen LogP) is 2.19. The number of hydrogen-bond donors (Lipinski definition) is 2. The van der Waals surface area contributed by atoms with Gasteiger partial charge in [0, 0.05) is 11.8 Å². The third kappa shape index (κ3) is 2.23. The van der Waals surface area contributed by atoms with Crippen LogP contribution in [0.25, 0.3) is 0 Å². The smallest absolute Gasteiger partial charge is 0.328 e. The van der Waals surface area contributed by atoms with Crippen molar-refractivity contribution in [1.29, 1.82) is 0 Å². The normalized spacial score (nSPS) is 25.9. The Balaban J connectivity index is 2.10. The number of halogens is 3. The van der Waals surface area contributed by atoms with Gasteiger partial charge in [0.25, 0.3) is 0 Å². The molecule has 0 bridgehead atoms. The molecule has 2 aliphatic rings. The highest BCUT2D eigenvalue weighted by Crippen LogP contribution is 2.33. The van der Waals surface area contributed by atoms with Gasteiger partial charge in [0.1, 0.15) is 0 Å². The van der Waals surface area contributed by atoms with Crippen molar-refractivity contribution in [2.24, 2.45) is 0 Å². The van der Waals surface area contributed by atoms with Gasteiger partial charge in [0.15, 0.2) is 0 Å². The highest BCUT2D eigenvalue weighted by atomic mass is 19.4. The van der Waals surface area contributed by atoms with Crippen LogP contribution in [0.5, 0.6) is 0 Å². The summed E-state index contributed by atoms with van der Waals surface area (Å²) in [5, 5.41) is 0. The number of allylic oxidation sites excluding steroid dienone is 3. The van der Waals surface area contributed by atoms with Gasteiger partial charge in [-0.2, -0.15) is 13.2 Å². The summed E-state index contributed by atoms with van der Waals surface area (Å²) in [7, 11) is 0. The molecule has 0 radical (unpaired) electrons. The average molecular weight is 216 g/mol. The minimum absolute atomic E-state index is 0.0241. The van der Waals surface area contributed by atoms with Crippen LogP contribution in [0.2, 0.25) is 0 Å². The number of hydrazine groups is 1. The molecule has 2 nitrogen and oxygen atoms in total. The summed E-state index contributed by atoms with van der Waals surface area (Å²) in [6, 6.07) is 0.0241. The minimum atomic E-state index is -4.18. The molecule has 82 valence electrons. The van der Waals surface area contributed by atoms with Gasteiger partial charge in [-0.25, -0.2) is 5.43 Å². The Bertz CT molecular complexity index is 339. The van der Waals surface area contributed by atoms with E-state index in [4.69, 9.17) is 0 Å². The zero-order chi connectivity index (χ0) is 10.9. The maximum atomic E-state index is 12.3. The second kappa shape index (κ2) is 3.73. The monoisotopic (exact) mass is 216 g/mol. The van der Waals surface area contributed by atoms with E-state index < -0.39 is 11.7 Å². The van der Waals surface area contributed by atoms with E-state index in [1.54, 1.807) is 12.3 Å². The summed E-state index contributed by atoms with van der Waals surface area (Å²) < 4.78 is 36.9. The predicted molar refractivity (Wildman–Crippen MR) is 50.7 cm³/mol. The highest BCUT2D eigenvalue weighted by molar-refractivity contribution is 5.32. The molecule has 0 saturated carbocycles. The molecule has 0 aromatic heterocycles. The maximum Gasteiger partial charge on any atom is 0.412 e. The van der Waals surface area contributed by atoms with Crippen LogP contribution in [0.1, 0.15) is 12.8 Å². The molecule has 1 unspecified atom stereocenters. The first-order valence-corrected chi connectivity index (χ1v) is 4.72. The molecular formula is C10H11F3N2. The van der Waals surface area contributed by atoms with Crippen LogP contribution < -0.4 is 10.9 Å². The molecule has 0 amide bonds. The van der Waals surface area contributed by atoms with E-state index >= 15 is 0 Å². The quantitative estimate of drug-likeness (QED) is 0.702. The van der Waals surface area contributed by atoms with Gasteiger partial charge in [-0.05, 0) is 24.5 Å². The molecule has 0 fully saturated rings. The Labute approximate surface area is 85.5 Å². The van der Waals surface area contributed by atoms with Crippen LogP contribution in [0.15, 0.2) is 35.6 Å². The molecule has 2 rings (SSSR count). The van der Waals surface area contributed by atoms with Crippen molar-refractivity contribution < 1.29 is 13.2 Å². The van der Waals surface area contributed by atoms with Gasteiger partial charge < -0.3 is 5.43 Å². The van der Waals surface area contributed by atoms with Crippen molar-refractivity contribution in [2.75, 3.05) is 0 Å². The summed E-state index contributed by atoms with van der Waals surface area (Å²) in [5.41, 5.74) is 6.27. The number of hydrogen-bond acceptors (Lipinski definition) is 2. The van der Waals surface area contributed by atoms with Gasteiger partial charge >= 0.3 is 6.18 Å². The third-order valence-electron chi connectivity index (χ3n) is 2.56. The Morgan fingerprint density at radius 2 is 2.00 bits per heavy atom. The molecule has 0 aromatic carbocycles. The summed E-state index contributed by atoms with van der Waals surface area (Å²) in [6.07, 6.45) is 2.70. The molecule has 5 heteroatoms. The first-order valence-electron chi connectivity index (χ1n) is 4.72. The van der Waals surface area contributed by atoms with Crippen molar-refractivity contribution in [1.82, 2.24) is 10.9 Å². The standard InChI is InChI=1S/C10H11F3N2/c11-10(12,13)8-3-1-7(2-4-8)9-5-6-14-15-9/h1,3,5-6,9,14-15H,2,4H2. The van der Waals surface area contributed by atoms with Crippen LogP contribution in [-0.2, 0) is 0 Å². The van der Waals surface area contributed by atoms with Crippen molar-refractivity contribution in [3.63, 3.8) is 0 Å². The molecule has 1 heterocycles. The van der Waals surface area contributed by atoms with E-state index in [0.717, 1.165) is 5.57 Å². The molecule has 1 aliphatic heterocycles. The van der Waals surface area contributed by atoms with Crippen LogP contribution in [0, 0.1) is 0 Å². The summed E-state index contributed by atoms with van der Waals surface area (Å²) >= 11 is 0. The van der Waals surface area contributed by atoms with Gasteiger partial charge in [0.05, 0.1) is 6.04 Å².